The minimum atomic E-state index is 0.0648. The van der Waals surface area contributed by atoms with Crippen LogP contribution in [0.1, 0.15) is 44.2 Å². The van der Waals surface area contributed by atoms with Gasteiger partial charge in [0.15, 0.2) is 17.5 Å². The van der Waals surface area contributed by atoms with Gasteiger partial charge in [-0.3, -0.25) is 4.99 Å². The van der Waals surface area contributed by atoms with Crippen molar-refractivity contribution in [2.24, 2.45) is 10.7 Å². The summed E-state index contributed by atoms with van der Waals surface area (Å²) in [6, 6.07) is 6.31. The summed E-state index contributed by atoms with van der Waals surface area (Å²) in [5.74, 6) is 1.96. The second kappa shape index (κ2) is 7.20. The van der Waals surface area contributed by atoms with Crippen LogP contribution < -0.4 is 20.5 Å². The first-order valence-corrected chi connectivity index (χ1v) is 7.45. The van der Waals surface area contributed by atoms with Gasteiger partial charge in [-0.2, -0.15) is 0 Å². The Balaban J connectivity index is 2.03. The van der Waals surface area contributed by atoms with Crippen LogP contribution in [0.15, 0.2) is 23.2 Å². The van der Waals surface area contributed by atoms with Crippen LogP contribution in [0.5, 0.6) is 11.5 Å². The van der Waals surface area contributed by atoms with Gasteiger partial charge < -0.3 is 20.5 Å². The summed E-state index contributed by atoms with van der Waals surface area (Å²) in [4.78, 5) is 4.55. The molecule has 1 saturated carbocycles. The maximum Gasteiger partial charge on any atom is 0.189 e. The van der Waals surface area contributed by atoms with Gasteiger partial charge in [-0.15, -0.1) is 0 Å². The number of nitrogens with one attached hydrogen (secondary N) is 1. The molecule has 3 N–H and O–H groups in total. The van der Waals surface area contributed by atoms with Gasteiger partial charge in [0.2, 0.25) is 0 Å². The maximum atomic E-state index is 6.00. The van der Waals surface area contributed by atoms with Gasteiger partial charge in [0, 0.05) is 0 Å². The van der Waals surface area contributed by atoms with Crippen molar-refractivity contribution in [3.05, 3.63) is 23.8 Å². The van der Waals surface area contributed by atoms with Gasteiger partial charge in [0.25, 0.3) is 0 Å². The smallest absolute Gasteiger partial charge is 0.189 e. The number of hydrogen-bond donors (Lipinski definition) is 2. The van der Waals surface area contributed by atoms with E-state index < -0.39 is 0 Å². The van der Waals surface area contributed by atoms with Crippen molar-refractivity contribution in [2.75, 3.05) is 14.2 Å². The Morgan fingerprint density at radius 2 is 1.90 bits per heavy atom. The second-order valence-corrected chi connectivity index (χ2v) is 5.43. The van der Waals surface area contributed by atoms with E-state index in [0.717, 1.165) is 29.9 Å². The van der Waals surface area contributed by atoms with Crippen molar-refractivity contribution < 1.29 is 9.47 Å². The third-order valence-electron chi connectivity index (χ3n) is 3.92. The largest absolute Gasteiger partial charge is 0.493 e. The van der Waals surface area contributed by atoms with Crippen LogP contribution in [-0.4, -0.2) is 26.2 Å². The zero-order chi connectivity index (χ0) is 15.2. The van der Waals surface area contributed by atoms with E-state index >= 15 is 0 Å². The molecular weight excluding hydrogens is 266 g/mol. The monoisotopic (exact) mass is 291 g/mol. The lowest BCUT2D eigenvalue weighted by atomic mass is 10.1. The Kier molecular flexibility index (Phi) is 5.31. The summed E-state index contributed by atoms with van der Waals surface area (Å²) in [5, 5.41) is 3.24. The van der Waals surface area contributed by atoms with Gasteiger partial charge in [-0.05, 0) is 37.5 Å². The molecule has 1 aliphatic rings. The number of aliphatic imine (C=N–C) groups is 1. The van der Waals surface area contributed by atoms with Gasteiger partial charge in [-0.25, -0.2) is 0 Å². The van der Waals surface area contributed by atoms with E-state index in [2.05, 4.69) is 17.2 Å². The summed E-state index contributed by atoms with van der Waals surface area (Å²) < 4.78 is 10.6. The molecule has 0 bridgehead atoms. The summed E-state index contributed by atoms with van der Waals surface area (Å²) in [5.41, 5.74) is 7.08. The lowest BCUT2D eigenvalue weighted by Crippen LogP contribution is -2.34. The molecular formula is C16H25N3O2. The highest BCUT2D eigenvalue weighted by molar-refractivity contribution is 5.78. The maximum absolute atomic E-state index is 6.00. The molecule has 0 saturated heterocycles. The Morgan fingerprint density at radius 1 is 1.24 bits per heavy atom. The van der Waals surface area contributed by atoms with E-state index in [0.29, 0.717) is 12.0 Å². The van der Waals surface area contributed by atoms with Gasteiger partial charge in [0.1, 0.15) is 0 Å². The van der Waals surface area contributed by atoms with Crippen LogP contribution in [0.4, 0.5) is 0 Å². The van der Waals surface area contributed by atoms with Crippen LogP contribution in [0.25, 0.3) is 0 Å². The first-order chi connectivity index (χ1) is 10.1. The van der Waals surface area contributed by atoms with Crippen LogP contribution in [-0.2, 0) is 0 Å². The first kappa shape index (κ1) is 15.5. The van der Waals surface area contributed by atoms with E-state index in [4.69, 9.17) is 15.2 Å². The van der Waals surface area contributed by atoms with Crippen molar-refractivity contribution in [1.82, 2.24) is 5.32 Å². The molecule has 1 aliphatic carbocycles. The molecule has 2 rings (SSSR count). The SMILES string of the molecule is COc1ccc(C(C)NC(N)=NC2CCCC2)cc1OC. The Labute approximate surface area is 126 Å². The fourth-order valence-electron chi connectivity index (χ4n) is 2.69. The molecule has 116 valence electrons. The van der Waals surface area contributed by atoms with Gasteiger partial charge >= 0.3 is 0 Å². The van der Waals surface area contributed by atoms with Crippen LogP contribution in [0.2, 0.25) is 0 Å². The first-order valence-electron chi connectivity index (χ1n) is 7.45. The quantitative estimate of drug-likeness (QED) is 0.646. The van der Waals surface area contributed by atoms with Gasteiger partial charge in [0.05, 0.1) is 26.3 Å². The minimum absolute atomic E-state index is 0.0648. The molecule has 5 nitrogen and oxygen atoms in total. The van der Waals surface area contributed by atoms with E-state index in [1.165, 1.54) is 12.8 Å². The van der Waals surface area contributed by atoms with E-state index in [-0.39, 0.29) is 6.04 Å². The van der Waals surface area contributed by atoms with Gasteiger partial charge in [-0.1, -0.05) is 18.9 Å². The topological polar surface area (TPSA) is 68.9 Å². The molecule has 1 aromatic carbocycles. The number of rotatable bonds is 5. The molecule has 0 aromatic heterocycles. The van der Waals surface area contributed by atoms with E-state index in [9.17, 15) is 0 Å². The molecule has 1 atom stereocenters. The van der Waals surface area contributed by atoms with Crippen molar-refractivity contribution in [2.45, 2.75) is 44.7 Å². The number of methoxy groups -OCH3 is 2. The predicted octanol–water partition coefficient (Wildman–Crippen LogP) is 2.61. The fourth-order valence-corrected chi connectivity index (χ4v) is 2.69. The summed E-state index contributed by atoms with van der Waals surface area (Å²) in [6.07, 6.45) is 4.81. The average Bonchev–Trinajstić information content (AvgIpc) is 2.99. The third kappa shape index (κ3) is 4.03. The number of nitrogens with zero attached hydrogens (tertiary/aromatic N) is 1. The molecule has 1 fully saturated rings. The Hall–Kier alpha value is -1.91. The average molecular weight is 291 g/mol. The standard InChI is InChI=1S/C16H25N3O2/c1-11(18-16(17)19-13-6-4-5-7-13)12-8-9-14(20-2)15(10-12)21-3/h8-11,13H,4-7H2,1-3H3,(H3,17,18,19). The molecule has 0 radical (unpaired) electrons. The Morgan fingerprint density at radius 3 is 2.52 bits per heavy atom. The van der Waals surface area contributed by atoms with Crippen molar-refractivity contribution in [1.29, 1.82) is 0 Å². The highest BCUT2D eigenvalue weighted by Gasteiger charge is 2.15. The summed E-state index contributed by atoms with van der Waals surface area (Å²) >= 11 is 0. The van der Waals surface area contributed by atoms with Crippen LogP contribution >= 0.6 is 0 Å². The van der Waals surface area contributed by atoms with E-state index in [1.54, 1.807) is 14.2 Å². The number of nitrogens with two attached hydrogens (primary N) is 1. The minimum Gasteiger partial charge on any atom is -0.493 e. The normalized spacial score (nSPS) is 17.6. The molecule has 0 heterocycles. The molecule has 5 heteroatoms. The zero-order valence-electron chi connectivity index (χ0n) is 13.1. The van der Waals surface area contributed by atoms with Crippen molar-refractivity contribution in [3.8, 4) is 11.5 Å². The molecule has 21 heavy (non-hydrogen) atoms. The number of hydrogen-bond acceptors (Lipinski definition) is 3. The van der Waals surface area contributed by atoms with Crippen molar-refractivity contribution >= 4 is 5.96 Å². The fraction of sp³-hybridized carbons (Fsp3) is 0.562. The zero-order valence-corrected chi connectivity index (χ0v) is 13.1. The van der Waals surface area contributed by atoms with E-state index in [1.807, 2.05) is 18.2 Å². The predicted molar refractivity (Wildman–Crippen MR) is 85.0 cm³/mol. The molecule has 0 amide bonds. The lowest BCUT2D eigenvalue weighted by Gasteiger charge is -2.17. The third-order valence-corrected chi connectivity index (χ3v) is 3.92. The summed E-state index contributed by atoms with van der Waals surface area (Å²) in [6.45, 7) is 2.05. The number of benzene rings is 1. The van der Waals surface area contributed by atoms with Crippen LogP contribution in [0, 0.1) is 0 Å². The lowest BCUT2D eigenvalue weighted by molar-refractivity contribution is 0.354. The van der Waals surface area contributed by atoms with Crippen molar-refractivity contribution in [3.63, 3.8) is 0 Å². The van der Waals surface area contributed by atoms with Crippen LogP contribution in [0.3, 0.4) is 0 Å². The molecule has 0 spiro atoms. The molecule has 1 aromatic rings. The number of ether oxygens (including phenoxy) is 2. The summed E-state index contributed by atoms with van der Waals surface area (Å²) in [7, 11) is 3.26. The second-order valence-electron chi connectivity index (χ2n) is 5.43. The number of guanidine groups is 1. The molecule has 1 unspecified atom stereocenters. The highest BCUT2D eigenvalue weighted by atomic mass is 16.5. The highest BCUT2D eigenvalue weighted by Crippen LogP contribution is 2.29. The molecule has 0 aliphatic heterocycles. The Bertz CT molecular complexity index is 496.